The second-order valence-electron chi connectivity index (χ2n) is 9.45. The first-order valence-corrected chi connectivity index (χ1v) is 12.3. The predicted octanol–water partition coefficient (Wildman–Crippen LogP) is 5.05. The number of halogens is 3. The highest BCUT2D eigenvalue weighted by atomic mass is 35.5. The molecular formula is C26H31ClF2N2O3. The van der Waals surface area contributed by atoms with Crippen molar-refractivity contribution in [1.29, 1.82) is 0 Å². The first-order valence-electron chi connectivity index (χ1n) is 11.9. The highest BCUT2D eigenvalue weighted by Crippen LogP contribution is 2.40. The van der Waals surface area contributed by atoms with E-state index in [1.54, 1.807) is 6.07 Å². The van der Waals surface area contributed by atoms with Crippen LogP contribution in [0, 0.1) is 17.6 Å². The fourth-order valence-electron chi connectivity index (χ4n) is 5.29. The lowest BCUT2D eigenvalue weighted by Crippen LogP contribution is -2.30. The number of carbonyl (C=O) groups is 1. The Balaban J connectivity index is 1.39. The molecule has 34 heavy (non-hydrogen) atoms. The molecule has 1 heterocycles. The van der Waals surface area contributed by atoms with Crippen molar-refractivity contribution in [2.45, 2.75) is 63.1 Å². The molecule has 2 aromatic carbocycles. The van der Waals surface area contributed by atoms with Crippen LogP contribution in [0.4, 0.5) is 8.78 Å². The molecule has 0 bridgehead atoms. The van der Waals surface area contributed by atoms with Crippen LogP contribution < -0.4 is 15.4 Å². The molecule has 184 valence electrons. The summed E-state index contributed by atoms with van der Waals surface area (Å²) in [4.78, 5) is 11.1. The summed E-state index contributed by atoms with van der Waals surface area (Å²) in [5, 5.41) is 15.9. The Morgan fingerprint density at radius 1 is 1.18 bits per heavy atom. The van der Waals surface area contributed by atoms with E-state index >= 15 is 0 Å². The molecule has 2 aromatic rings. The molecule has 0 amide bonds. The maximum Gasteiger partial charge on any atom is 0.320 e. The molecule has 8 heteroatoms. The first-order chi connectivity index (χ1) is 16.3. The number of hydrogen-bond acceptors (Lipinski definition) is 4. The van der Waals surface area contributed by atoms with Gasteiger partial charge in [-0.2, -0.15) is 0 Å². The fourth-order valence-corrected chi connectivity index (χ4v) is 5.47. The van der Waals surface area contributed by atoms with E-state index in [4.69, 9.17) is 21.4 Å². The van der Waals surface area contributed by atoms with Gasteiger partial charge in [0.2, 0.25) is 0 Å². The van der Waals surface area contributed by atoms with Gasteiger partial charge in [0.1, 0.15) is 17.9 Å². The van der Waals surface area contributed by atoms with Crippen molar-refractivity contribution in [2.24, 2.45) is 5.92 Å². The summed E-state index contributed by atoms with van der Waals surface area (Å²) in [6.07, 6.45) is 4.15. The Morgan fingerprint density at radius 3 is 2.62 bits per heavy atom. The molecule has 1 saturated heterocycles. The Hall–Kier alpha value is -2.22. The fraction of sp³-hybridized carbons (Fsp3) is 0.500. The second kappa shape index (κ2) is 11.0. The van der Waals surface area contributed by atoms with Gasteiger partial charge in [-0.25, -0.2) is 8.78 Å². The molecule has 1 aliphatic carbocycles. The highest BCUT2D eigenvalue weighted by Gasteiger charge is 2.31. The van der Waals surface area contributed by atoms with E-state index in [9.17, 15) is 13.6 Å². The molecule has 0 aromatic heterocycles. The third-order valence-electron chi connectivity index (χ3n) is 7.04. The van der Waals surface area contributed by atoms with E-state index in [0.29, 0.717) is 24.4 Å². The minimum absolute atomic E-state index is 0.246. The van der Waals surface area contributed by atoms with Gasteiger partial charge in [-0.3, -0.25) is 4.79 Å². The van der Waals surface area contributed by atoms with E-state index in [1.165, 1.54) is 11.1 Å². The number of aliphatic carboxylic acids is 1. The van der Waals surface area contributed by atoms with Gasteiger partial charge >= 0.3 is 5.97 Å². The molecule has 1 saturated carbocycles. The zero-order valence-corrected chi connectivity index (χ0v) is 20.0. The normalized spacial score (nSPS) is 24.8. The lowest BCUT2D eigenvalue weighted by molar-refractivity contribution is -0.139. The number of rotatable bonds is 8. The summed E-state index contributed by atoms with van der Waals surface area (Å²) in [6, 6.07) is 7.98. The van der Waals surface area contributed by atoms with Gasteiger partial charge in [0.25, 0.3) is 0 Å². The monoisotopic (exact) mass is 492 g/mol. The highest BCUT2D eigenvalue weighted by molar-refractivity contribution is 6.30. The van der Waals surface area contributed by atoms with Crippen LogP contribution in [0.1, 0.15) is 54.7 Å². The third-order valence-corrected chi connectivity index (χ3v) is 7.27. The largest absolute Gasteiger partial charge is 0.489 e. The smallest absolute Gasteiger partial charge is 0.320 e. The van der Waals surface area contributed by atoms with Crippen LogP contribution in [-0.2, 0) is 17.8 Å². The third kappa shape index (κ3) is 5.88. The number of ether oxygens (including phenoxy) is 1. The van der Waals surface area contributed by atoms with Crippen LogP contribution in [0.3, 0.4) is 0 Å². The van der Waals surface area contributed by atoms with Crippen molar-refractivity contribution in [3.05, 3.63) is 63.7 Å². The standard InChI is InChI=1S/C26H31ClF2N2O3/c1-30-13-17-6-7-19(27)10-22(17)16-4-2-15(3-5-16)8-18-9-20(11-23(28)25(18)29)34-21-12-24(26(32)33)31-14-21/h6-7,9-11,15-16,21,24,30-31H,2-5,8,12-14H2,1H3,(H,32,33)/t15?,16?,21-,24-/m0/s1. The predicted molar refractivity (Wildman–Crippen MR) is 127 cm³/mol. The average molecular weight is 493 g/mol. The molecule has 5 nitrogen and oxygen atoms in total. The topological polar surface area (TPSA) is 70.6 Å². The lowest BCUT2D eigenvalue weighted by Gasteiger charge is -2.30. The van der Waals surface area contributed by atoms with Crippen LogP contribution in [0.15, 0.2) is 30.3 Å². The Labute approximate surface area is 203 Å². The summed E-state index contributed by atoms with van der Waals surface area (Å²) in [5.41, 5.74) is 2.84. The summed E-state index contributed by atoms with van der Waals surface area (Å²) in [5.74, 6) is -1.78. The van der Waals surface area contributed by atoms with E-state index < -0.39 is 29.7 Å². The minimum atomic E-state index is -0.941. The second-order valence-corrected chi connectivity index (χ2v) is 9.88. The van der Waals surface area contributed by atoms with Gasteiger partial charge in [-0.05, 0) is 85.9 Å². The number of nitrogens with one attached hydrogen (secondary N) is 2. The van der Waals surface area contributed by atoms with E-state index in [1.807, 2.05) is 13.1 Å². The van der Waals surface area contributed by atoms with Gasteiger partial charge < -0.3 is 20.5 Å². The SMILES string of the molecule is CNCc1ccc(Cl)cc1C1CCC(Cc2cc(O[C@@H]3CN[C@H](C(=O)O)C3)cc(F)c2F)CC1. The Bertz CT molecular complexity index is 1030. The molecule has 0 unspecified atom stereocenters. The minimum Gasteiger partial charge on any atom is -0.489 e. The van der Waals surface area contributed by atoms with Crippen LogP contribution in [0.25, 0.3) is 0 Å². The van der Waals surface area contributed by atoms with Crippen molar-refractivity contribution in [2.75, 3.05) is 13.6 Å². The molecule has 0 spiro atoms. The van der Waals surface area contributed by atoms with Crippen molar-refractivity contribution < 1.29 is 23.4 Å². The zero-order chi connectivity index (χ0) is 24.2. The number of carboxylic acids is 1. The summed E-state index contributed by atoms with van der Waals surface area (Å²) in [7, 11) is 1.93. The quantitative estimate of drug-likeness (QED) is 0.481. The van der Waals surface area contributed by atoms with E-state index in [0.717, 1.165) is 43.3 Å². The van der Waals surface area contributed by atoms with Crippen molar-refractivity contribution >= 4 is 17.6 Å². The van der Waals surface area contributed by atoms with Crippen LogP contribution in [0.2, 0.25) is 5.02 Å². The Morgan fingerprint density at radius 2 is 1.94 bits per heavy atom. The Kier molecular flexibility index (Phi) is 8.06. The van der Waals surface area contributed by atoms with Crippen molar-refractivity contribution in [1.82, 2.24) is 10.6 Å². The maximum absolute atomic E-state index is 14.6. The molecular weight excluding hydrogens is 462 g/mol. The van der Waals surface area contributed by atoms with Gasteiger partial charge in [-0.1, -0.05) is 17.7 Å². The van der Waals surface area contributed by atoms with Gasteiger partial charge in [0.15, 0.2) is 11.6 Å². The number of hydrogen-bond donors (Lipinski definition) is 3. The van der Waals surface area contributed by atoms with Crippen molar-refractivity contribution in [3.8, 4) is 5.75 Å². The molecule has 1 aliphatic heterocycles. The summed E-state index contributed by atoms with van der Waals surface area (Å²) >= 11 is 6.26. The average Bonchev–Trinajstić information content (AvgIpc) is 3.28. The van der Waals surface area contributed by atoms with E-state index in [-0.39, 0.29) is 18.1 Å². The lowest BCUT2D eigenvalue weighted by atomic mass is 9.75. The number of benzene rings is 2. The summed E-state index contributed by atoms with van der Waals surface area (Å²) in [6.45, 7) is 1.14. The van der Waals surface area contributed by atoms with Crippen LogP contribution in [0.5, 0.6) is 5.75 Å². The van der Waals surface area contributed by atoms with Gasteiger partial charge in [0.05, 0.1) is 0 Å². The maximum atomic E-state index is 14.6. The van der Waals surface area contributed by atoms with Gasteiger partial charge in [0, 0.05) is 30.6 Å². The van der Waals surface area contributed by atoms with Crippen molar-refractivity contribution in [3.63, 3.8) is 0 Å². The van der Waals surface area contributed by atoms with Gasteiger partial charge in [-0.15, -0.1) is 0 Å². The molecule has 2 aliphatic rings. The molecule has 2 atom stereocenters. The number of carboxylic acid groups (broad SMARTS) is 1. The molecule has 0 radical (unpaired) electrons. The summed E-state index contributed by atoms with van der Waals surface area (Å²) < 4.78 is 34.7. The molecule has 4 rings (SSSR count). The zero-order valence-electron chi connectivity index (χ0n) is 19.3. The van der Waals surface area contributed by atoms with E-state index in [2.05, 4.69) is 22.8 Å². The molecule has 3 N–H and O–H groups in total. The first kappa shape index (κ1) is 24.9. The van der Waals surface area contributed by atoms with Crippen LogP contribution >= 0.6 is 11.6 Å². The van der Waals surface area contributed by atoms with Crippen LogP contribution in [-0.4, -0.2) is 36.8 Å². The molecule has 2 fully saturated rings.